The van der Waals surface area contributed by atoms with Crippen LogP contribution in [0.2, 0.25) is 5.02 Å². The molecule has 1 aromatic carbocycles. The highest BCUT2D eigenvalue weighted by atomic mass is 35.5. The van der Waals surface area contributed by atoms with E-state index < -0.39 is 11.6 Å². The van der Waals surface area contributed by atoms with Gasteiger partial charge in [-0.15, -0.1) is 0 Å². The van der Waals surface area contributed by atoms with Gasteiger partial charge in [-0.05, 0) is 58.2 Å². The van der Waals surface area contributed by atoms with Gasteiger partial charge in [0.2, 0.25) is 0 Å². The third-order valence-electron chi connectivity index (χ3n) is 3.30. The van der Waals surface area contributed by atoms with Gasteiger partial charge in [0, 0.05) is 18.2 Å². The molecule has 1 rings (SSSR count). The van der Waals surface area contributed by atoms with Crippen molar-refractivity contribution in [3.05, 3.63) is 28.8 Å². The third kappa shape index (κ3) is 12.6. The predicted octanol–water partition coefficient (Wildman–Crippen LogP) is 6.65. The lowest BCUT2D eigenvalue weighted by molar-refractivity contribution is -0.155. The van der Waals surface area contributed by atoms with Crippen LogP contribution in [0.5, 0.6) is 0 Å². The molecule has 5 nitrogen and oxygen atoms in total. The Labute approximate surface area is 175 Å². The molecule has 0 spiro atoms. The van der Waals surface area contributed by atoms with Gasteiger partial charge in [-0.3, -0.25) is 4.79 Å². The van der Waals surface area contributed by atoms with E-state index in [2.05, 4.69) is 5.32 Å². The summed E-state index contributed by atoms with van der Waals surface area (Å²) in [6.07, 6.45) is 1.11. The highest BCUT2D eigenvalue weighted by Gasteiger charge is 2.19. The molecule has 0 saturated carbocycles. The fraction of sp³-hybridized carbons (Fsp3) is 0.636. The first-order chi connectivity index (χ1) is 13.0. The van der Waals surface area contributed by atoms with Crippen molar-refractivity contribution in [2.45, 2.75) is 86.8 Å². The summed E-state index contributed by atoms with van der Waals surface area (Å²) in [6.45, 7) is 17.5. The standard InChI is InChI=1S/C18H26ClNO4.2C2H6/c1-11(9-16(21)24-18(3,4)5)8-12(2)20-13-6-7-15(19)14(10-13)17(22)23;2*1-2/h6-7,10-12,20H,8-9H2,1-5H3,(H,22,23);2*1-2H3/t11-,12?;;/m0../s1. The average molecular weight is 416 g/mol. The monoisotopic (exact) mass is 415 g/mol. The van der Waals surface area contributed by atoms with Crippen LogP contribution in [0.15, 0.2) is 18.2 Å². The van der Waals surface area contributed by atoms with Gasteiger partial charge >= 0.3 is 11.9 Å². The molecule has 0 fully saturated rings. The Morgan fingerprint density at radius 2 is 1.68 bits per heavy atom. The normalized spacial score (nSPS) is 12.4. The molecule has 0 heterocycles. The summed E-state index contributed by atoms with van der Waals surface area (Å²) in [4.78, 5) is 23.0. The van der Waals surface area contributed by atoms with Crippen molar-refractivity contribution < 1.29 is 19.4 Å². The van der Waals surface area contributed by atoms with Crippen LogP contribution in [0.25, 0.3) is 0 Å². The number of anilines is 1. The Hall–Kier alpha value is -1.75. The molecular formula is C22H38ClNO4. The first kappa shape index (κ1) is 28.5. The molecule has 2 atom stereocenters. The minimum absolute atomic E-state index is 0.0654. The first-order valence-electron chi connectivity index (χ1n) is 9.99. The molecule has 28 heavy (non-hydrogen) atoms. The molecule has 1 aromatic rings. The van der Waals surface area contributed by atoms with Crippen LogP contribution in [-0.4, -0.2) is 28.7 Å². The Balaban J connectivity index is 0. The number of carboxylic acid groups (broad SMARTS) is 1. The number of ether oxygens (including phenoxy) is 1. The number of hydrogen-bond acceptors (Lipinski definition) is 4. The lowest BCUT2D eigenvalue weighted by atomic mass is 9.99. The van der Waals surface area contributed by atoms with E-state index in [1.807, 2.05) is 62.3 Å². The van der Waals surface area contributed by atoms with Crippen molar-refractivity contribution in [2.75, 3.05) is 5.32 Å². The smallest absolute Gasteiger partial charge is 0.337 e. The SMILES string of the molecule is CC.CC.CC(C[C@H](C)CC(=O)OC(C)(C)C)Nc1ccc(Cl)c(C(=O)O)c1. The zero-order valence-corrected chi connectivity index (χ0v) is 19.6. The van der Waals surface area contributed by atoms with Crippen molar-refractivity contribution in [3.63, 3.8) is 0 Å². The summed E-state index contributed by atoms with van der Waals surface area (Å²) in [5.74, 6) is -1.12. The molecular weight excluding hydrogens is 378 g/mol. The molecule has 1 unspecified atom stereocenters. The molecule has 0 aliphatic carbocycles. The van der Waals surface area contributed by atoms with E-state index in [1.54, 1.807) is 12.1 Å². The summed E-state index contributed by atoms with van der Waals surface area (Å²) >= 11 is 5.86. The maximum atomic E-state index is 11.8. The predicted molar refractivity (Wildman–Crippen MR) is 118 cm³/mol. The largest absolute Gasteiger partial charge is 0.478 e. The molecule has 162 valence electrons. The van der Waals surface area contributed by atoms with E-state index >= 15 is 0 Å². The van der Waals surface area contributed by atoms with Crippen LogP contribution in [0.1, 0.15) is 85.5 Å². The van der Waals surface area contributed by atoms with Crippen LogP contribution in [-0.2, 0) is 9.53 Å². The summed E-state index contributed by atoms with van der Waals surface area (Å²) < 4.78 is 5.32. The third-order valence-corrected chi connectivity index (χ3v) is 3.63. The number of carbonyl (C=O) groups is 2. The number of nitrogens with one attached hydrogen (secondary N) is 1. The number of rotatable bonds is 7. The number of aromatic carboxylic acids is 1. The van der Waals surface area contributed by atoms with E-state index in [9.17, 15) is 9.59 Å². The first-order valence-corrected chi connectivity index (χ1v) is 10.4. The molecule has 0 radical (unpaired) electrons. The van der Waals surface area contributed by atoms with Crippen LogP contribution in [0.3, 0.4) is 0 Å². The van der Waals surface area contributed by atoms with Gasteiger partial charge < -0.3 is 15.2 Å². The average Bonchev–Trinajstić information content (AvgIpc) is 2.57. The van der Waals surface area contributed by atoms with E-state index in [0.29, 0.717) is 12.1 Å². The number of carbonyl (C=O) groups excluding carboxylic acids is 1. The summed E-state index contributed by atoms with van der Waals surface area (Å²) in [6, 6.07) is 4.89. The molecule has 2 N–H and O–H groups in total. The van der Waals surface area contributed by atoms with Gasteiger partial charge in [0.25, 0.3) is 0 Å². The number of halogens is 1. The Bertz CT molecular complexity index is 597. The number of hydrogen-bond donors (Lipinski definition) is 2. The van der Waals surface area contributed by atoms with Crippen LogP contribution < -0.4 is 5.32 Å². The summed E-state index contributed by atoms with van der Waals surface area (Å²) in [7, 11) is 0. The minimum atomic E-state index is -1.06. The van der Waals surface area contributed by atoms with Crippen molar-refractivity contribution in [3.8, 4) is 0 Å². The molecule has 0 amide bonds. The molecule has 0 aromatic heterocycles. The van der Waals surface area contributed by atoms with Crippen molar-refractivity contribution in [2.24, 2.45) is 5.92 Å². The maximum absolute atomic E-state index is 11.8. The van der Waals surface area contributed by atoms with Crippen molar-refractivity contribution >= 4 is 29.2 Å². The van der Waals surface area contributed by atoms with E-state index in [0.717, 1.165) is 6.42 Å². The minimum Gasteiger partial charge on any atom is -0.478 e. The van der Waals surface area contributed by atoms with Gasteiger partial charge in [-0.2, -0.15) is 0 Å². The second-order valence-corrected chi connectivity index (χ2v) is 7.58. The Morgan fingerprint density at radius 3 is 2.14 bits per heavy atom. The fourth-order valence-corrected chi connectivity index (χ4v) is 2.68. The lowest BCUT2D eigenvalue weighted by Gasteiger charge is -2.23. The zero-order chi connectivity index (χ0) is 22.5. The van der Waals surface area contributed by atoms with E-state index in [1.165, 1.54) is 6.07 Å². The molecule has 0 bridgehead atoms. The van der Waals surface area contributed by atoms with Gasteiger partial charge in [-0.1, -0.05) is 46.2 Å². The second kappa shape index (κ2) is 14.3. The lowest BCUT2D eigenvalue weighted by Crippen LogP contribution is -2.26. The number of carboxylic acids is 1. The fourth-order valence-electron chi connectivity index (χ4n) is 2.48. The number of esters is 1. The van der Waals surface area contributed by atoms with Crippen LogP contribution in [0, 0.1) is 5.92 Å². The quantitative estimate of drug-likeness (QED) is 0.487. The molecule has 0 aliphatic rings. The van der Waals surface area contributed by atoms with Crippen LogP contribution >= 0.6 is 11.6 Å². The van der Waals surface area contributed by atoms with Gasteiger partial charge in [0.05, 0.1) is 10.6 Å². The topological polar surface area (TPSA) is 75.6 Å². The van der Waals surface area contributed by atoms with Crippen molar-refractivity contribution in [1.29, 1.82) is 0 Å². The number of benzene rings is 1. The maximum Gasteiger partial charge on any atom is 0.337 e. The zero-order valence-electron chi connectivity index (χ0n) is 18.9. The Kier molecular flexibility index (Phi) is 14.5. The van der Waals surface area contributed by atoms with Crippen molar-refractivity contribution in [1.82, 2.24) is 0 Å². The van der Waals surface area contributed by atoms with Gasteiger partial charge in [0.1, 0.15) is 5.60 Å². The van der Waals surface area contributed by atoms with E-state index in [-0.39, 0.29) is 28.5 Å². The van der Waals surface area contributed by atoms with Crippen LogP contribution in [0.4, 0.5) is 5.69 Å². The highest BCUT2D eigenvalue weighted by Crippen LogP contribution is 2.23. The molecule has 0 saturated heterocycles. The summed E-state index contributed by atoms with van der Waals surface area (Å²) in [5.41, 5.74) is 0.279. The molecule has 0 aliphatic heterocycles. The second-order valence-electron chi connectivity index (χ2n) is 7.18. The van der Waals surface area contributed by atoms with Gasteiger partial charge in [0.15, 0.2) is 0 Å². The summed E-state index contributed by atoms with van der Waals surface area (Å²) in [5, 5.41) is 12.5. The van der Waals surface area contributed by atoms with Gasteiger partial charge in [-0.25, -0.2) is 4.79 Å². The highest BCUT2D eigenvalue weighted by molar-refractivity contribution is 6.33. The molecule has 6 heteroatoms. The van der Waals surface area contributed by atoms with E-state index in [4.69, 9.17) is 21.4 Å². The Morgan fingerprint density at radius 1 is 1.14 bits per heavy atom.